The first-order valence-corrected chi connectivity index (χ1v) is 8.36. The van der Waals surface area contributed by atoms with Crippen LogP contribution < -0.4 is 5.32 Å². The van der Waals surface area contributed by atoms with Gasteiger partial charge < -0.3 is 19.5 Å². The molecule has 0 spiro atoms. The Bertz CT molecular complexity index is 579. The number of hydrogen-bond acceptors (Lipinski definition) is 4. The van der Waals surface area contributed by atoms with E-state index in [1.807, 2.05) is 7.05 Å². The average molecular weight is 358 g/mol. The van der Waals surface area contributed by atoms with E-state index in [-0.39, 0.29) is 37.3 Å². The van der Waals surface area contributed by atoms with Gasteiger partial charge in [0.1, 0.15) is 5.82 Å². The number of halogens is 2. The maximum Gasteiger partial charge on any atom is 0.239 e. The summed E-state index contributed by atoms with van der Waals surface area (Å²) in [5, 5.41) is 2.78. The summed E-state index contributed by atoms with van der Waals surface area (Å²) in [5.41, 5.74) is 0. The molecule has 0 aliphatic carbocycles. The van der Waals surface area contributed by atoms with Crippen molar-refractivity contribution >= 4 is 11.8 Å². The van der Waals surface area contributed by atoms with Crippen LogP contribution in [0.25, 0.3) is 0 Å². The molecule has 1 aromatic rings. The third-order valence-electron chi connectivity index (χ3n) is 4.05. The second-order valence-electron chi connectivity index (χ2n) is 6.05. The van der Waals surface area contributed by atoms with Crippen LogP contribution in [0.2, 0.25) is 0 Å². The van der Waals surface area contributed by atoms with Gasteiger partial charge in [-0.1, -0.05) is 0 Å². The predicted molar refractivity (Wildman–Crippen MR) is 86.1 cm³/mol. The maximum absolute atomic E-state index is 12.3. The van der Waals surface area contributed by atoms with E-state index < -0.39 is 12.8 Å². The molecule has 0 bridgehead atoms. The summed E-state index contributed by atoms with van der Waals surface area (Å²) in [5.74, 6) is 0.177. The molecule has 1 fully saturated rings. The Balaban J connectivity index is 1.79. The molecule has 1 unspecified atom stereocenters. The molecule has 1 N–H and O–H groups in total. The number of amides is 2. The fourth-order valence-electron chi connectivity index (χ4n) is 2.64. The number of ether oxygens (including phenoxy) is 1. The van der Waals surface area contributed by atoms with Crippen molar-refractivity contribution in [3.05, 3.63) is 18.2 Å². The quantitative estimate of drug-likeness (QED) is 0.780. The van der Waals surface area contributed by atoms with E-state index in [4.69, 9.17) is 4.74 Å². The van der Waals surface area contributed by atoms with Crippen LogP contribution in [0, 0.1) is 0 Å². The molecule has 140 valence electrons. The van der Waals surface area contributed by atoms with Crippen molar-refractivity contribution in [3.8, 4) is 0 Å². The molecule has 7 nitrogen and oxygen atoms in total. The van der Waals surface area contributed by atoms with Crippen LogP contribution >= 0.6 is 0 Å². The van der Waals surface area contributed by atoms with Gasteiger partial charge in [0.2, 0.25) is 18.2 Å². The van der Waals surface area contributed by atoms with Gasteiger partial charge in [-0.05, 0) is 6.42 Å². The third-order valence-corrected chi connectivity index (χ3v) is 4.05. The number of carbonyl (C=O) groups is 2. The van der Waals surface area contributed by atoms with Crippen molar-refractivity contribution in [2.45, 2.75) is 38.2 Å². The molecule has 2 rings (SSSR count). The second-order valence-corrected chi connectivity index (χ2v) is 6.05. The Morgan fingerprint density at radius 2 is 2.28 bits per heavy atom. The van der Waals surface area contributed by atoms with Gasteiger partial charge in [0, 0.05) is 58.5 Å². The lowest BCUT2D eigenvalue weighted by molar-refractivity contribution is -0.132. The highest BCUT2D eigenvalue weighted by molar-refractivity contribution is 5.78. The molecular formula is C16H24F2N4O3. The van der Waals surface area contributed by atoms with Crippen LogP contribution in [0.1, 0.15) is 25.1 Å². The van der Waals surface area contributed by atoms with Gasteiger partial charge >= 0.3 is 0 Å². The van der Waals surface area contributed by atoms with Crippen LogP contribution in [0.4, 0.5) is 8.78 Å². The average Bonchev–Trinajstić information content (AvgIpc) is 2.84. The van der Waals surface area contributed by atoms with E-state index in [9.17, 15) is 18.4 Å². The second kappa shape index (κ2) is 9.45. The zero-order chi connectivity index (χ0) is 18.2. The number of imidazole rings is 1. The number of alkyl halides is 2. The standard InChI is InChI=1S/C16H24F2N4O3/c1-21-7-5-19-14(21)9-15(23)20-10-12-11-22(6-2-8-25-12)16(24)4-3-13(17)18/h5,7,12-13H,2-4,6,8-11H2,1H3,(H,20,23). The lowest BCUT2D eigenvalue weighted by Crippen LogP contribution is -2.42. The zero-order valence-corrected chi connectivity index (χ0v) is 14.3. The van der Waals surface area contributed by atoms with Crippen molar-refractivity contribution in [2.75, 3.05) is 26.2 Å². The lowest BCUT2D eigenvalue weighted by atomic mass is 10.2. The fourth-order valence-corrected chi connectivity index (χ4v) is 2.64. The summed E-state index contributed by atoms with van der Waals surface area (Å²) < 4.78 is 31.9. The van der Waals surface area contributed by atoms with Gasteiger partial charge in [0.05, 0.1) is 12.5 Å². The molecular weight excluding hydrogens is 334 g/mol. The van der Waals surface area contributed by atoms with Crippen LogP contribution in [0.15, 0.2) is 12.4 Å². The van der Waals surface area contributed by atoms with Crippen LogP contribution in [0.3, 0.4) is 0 Å². The Morgan fingerprint density at radius 1 is 1.48 bits per heavy atom. The molecule has 9 heteroatoms. The summed E-state index contributed by atoms with van der Waals surface area (Å²) in [4.78, 5) is 29.7. The van der Waals surface area contributed by atoms with Gasteiger partial charge in [-0.3, -0.25) is 9.59 Å². The minimum absolute atomic E-state index is 0.160. The summed E-state index contributed by atoms with van der Waals surface area (Å²) in [7, 11) is 1.81. The largest absolute Gasteiger partial charge is 0.374 e. The highest BCUT2D eigenvalue weighted by Gasteiger charge is 2.23. The maximum atomic E-state index is 12.3. The highest BCUT2D eigenvalue weighted by Crippen LogP contribution is 2.11. The summed E-state index contributed by atoms with van der Waals surface area (Å²) >= 11 is 0. The number of nitrogens with one attached hydrogen (secondary N) is 1. The van der Waals surface area contributed by atoms with E-state index in [1.165, 1.54) is 0 Å². The van der Waals surface area contributed by atoms with Gasteiger partial charge in [0.25, 0.3) is 0 Å². The first-order chi connectivity index (χ1) is 12.0. The molecule has 2 heterocycles. The SMILES string of the molecule is Cn1ccnc1CC(=O)NCC1CN(C(=O)CCC(F)F)CCCO1. The van der Waals surface area contributed by atoms with Crippen LogP contribution in [-0.4, -0.2) is 65.0 Å². The molecule has 25 heavy (non-hydrogen) atoms. The fraction of sp³-hybridized carbons (Fsp3) is 0.688. The Morgan fingerprint density at radius 3 is 2.96 bits per heavy atom. The third kappa shape index (κ3) is 6.41. The van der Waals surface area contributed by atoms with E-state index in [0.29, 0.717) is 31.9 Å². The molecule has 0 radical (unpaired) electrons. The molecule has 0 saturated carbocycles. The van der Waals surface area contributed by atoms with E-state index >= 15 is 0 Å². The van der Waals surface area contributed by atoms with Crippen LogP contribution in [0.5, 0.6) is 0 Å². The first-order valence-electron chi connectivity index (χ1n) is 8.36. The molecule has 1 aliphatic heterocycles. The highest BCUT2D eigenvalue weighted by atomic mass is 19.3. The van der Waals surface area contributed by atoms with Gasteiger partial charge in [0.15, 0.2) is 0 Å². The summed E-state index contributed by atoms with van der Waals surface area (Å²) in [6.45, 7) is 1.52. The smallest absolute Gasteiger partial charge is 0.239 e. The molecule has 1 saturated heterocycles. The Kier molecular flexibility index (Phi) is 7.30. The zero-order valence-electron chi connectivity index (χ0n) is 14.3. The number of aryl methyl sites for hydroxylation is 1. The molecule has 2 amide bonds. The topological polar surface area (TPSA) is 76.5 Å². The number of carbonyl (C=O) groups excluding carboxylic acids is 2. The monoisotopic (exact) mass is 358 g/mol. The number of hydrogen-bond donors (Lipinski definition) is 1. The van der Waals surface area contributed by atoms with Crippen LogP contribution in [-0.2, 0) is 27.8 Å². The van der Waals surface area contributed by atoms with Crippen molar-refractivity contribution in [2.24, 2.45) is 7.05 Å². The number of rotatable bonds is 7. The van der Waals surface area contributed by atoms with Crippen molar-refractivity contribution < 1.29 is 23.1 Å². The van der Waals surface area contributed by atoms with Gasteiger partial charge in [-0.25, -0.2) is 13.8 Å². The lowest BCUT2D eigenvalue weighted by Gasteiger charge is -2.24. The molecule has 1 atom stereocenters. The molecule has 0 aromatic carbocycles. The number of aromatic nitrogens is 2. The van der Waals surface area contributed by atoms with Gasteiger partial charge in [-0.15, -0.1) is 0 Å². The van der Waals surface area contributed by atoms with Crippen molar-refractivity contribution in [3.63, 3.8) is 0 Å². The Hall–Kier alpha value is -2.03. The van der Waals surface area contributed by atoms with E-state index in [0.717, 1.165) is 0 Å². The van der Waals surface area contributed by atoms with Gasteiger partial charge in [-0.2, -0.15) is 0 Å². The molecule has 1 aromatic heterocycles. The van der Waals surface area contributed by atoms with E-state index in [2.05, 4.69) is 10.3 Å². The first kappa shape index (κ1) is 19.3. The number of nitrogens with zero attached hydrogens (tertiary/aromatic N) is 3. The van der Waals surface area contributed by atoms with E-state index in [1.54, 1.807) is 21.9 Å². The molecule has 1 aliphatic rings. The van der Waals surface area contributed by atoms with Crippen molar-refractivity contribution in [1.82, 2.24) is 19.8 Å². The normalized spacial score (nSPS) is 18.2. The minimum atomic E-state index is -2.48. The predicted octanol–water partition coefficient (Wildman–Crippen LogP) is 0.742. The minimum Gasteiger partial charge on any atom is -0.374 e. The summed E-state index contributed by atoms with van der Waals surface area (Å²) in [6.07, 6.45) is 0.777. The Labute approximate surface area is 145 Å². The summed E-state index contributed by atoms with van der Waals surface area (Å²) in [6, 6.07) is 0. The van der Waals surface area contributed by atoms with Crippen molar-refractivity contribution in [1.29, 1.82) is 0 Å².